The molecular formula is C25H21N7S. The lowest BCUT2D eigenvalue weighted by molar-refractivity contribution is 1.10. The molecule has 5 rings (SSSR count). The Bertz CT molecular complexity index is 1520. The number of allylic oxidation sites excluding steroid dienone is 3. The van der Waals surface area contributed by atoms with Gasteiger partial charge in [-0.05, 0) is 37.6 Å². The van der Waals surface area contributed by atoms with E-state index in [4.69, 9.17) is 4.98 Å². The van der Waals surface area contributed by atoms with E-state index in [9.17, 15) is 0 Å². The number of pyridine rings is 1. The van der Waals surface area contributed by atoms with Crippen molar-refractivity contribution in [3.63, 3.8) is 0 Å². The molecule has 0 radical (unpaired) electrons. The second kappa shape index (κ2) is 8.40. The molecule has 5 aromatic rings. The van der Waals surface area contributed by atoms with E-state index in [1.807, 2.05) is 26.0 Å². The number of thiophene rings is 1. The van der Waals surface area contributed by atoms with Crippen molar-refractivity contribution in [2.45, 2.75) is 13.8 Å². The van der Waals surface area contributed by atoms with Crippen LogP contribution in [-0.4, -0.2) is 35.1 Å². The maximum atomic E-state index is 4.94. The number of fused-ring (bicyclic) bond motifs is 1. The summed E-state index contributed by atoms with van der Waals surface area (Å²) in [5.41, 5.74) is 6.81. The molecule has 7 nitrogen and oxygen atoms in total. The number of aromatic amines is 2. The maximum Gasteiger partial charge on any atom is 0.159 e. The summed E-state index contributed by atoms with van der Waals surface area (Å²) in [6, 6.07) is 6.14. The molecule has 33 heavy (non-hydrogen) atoms. The summed E-state index contributed by atoms with van der Waals surface area (Å²) in [4.78, 5) is 23.6. The van der Waals surface area contributed by atoms with Crippen molar-refractivity contribution in [2.75, 3.05) is 0 Å². The van der Waals surface area contributed by atoms with Crippen LogP contribution in [0, 0.1) is 6.92 Å². The molecule has 2 N–H and O–H groups in total. The highest BCUT2D eigenvalue weighted by molar-refractivity contribution is 7.14. The normalized spacial score (nSPS) is 11.8. The number of nitrogens with zero attached hydrogens (tertiary/aromatic N) is 5. The van der Waals surface area contributed by atoms with Crippen molar-refractivity contribution in [1.82, 2.24) is 35.1 Å². The summed E-state index contributed by atoms with van der Waals surface area (Å²) in [7, 11) is 0. The Kier molecular flexibility index (Phi) is 5.27. The zero-order valence-corrected chi connectivity index (χ0v) is 19.1. The molecule has 162 valence electrons. The lowest BCUT2D eigenvalue weighted by Crippen LogP contribution is -1.89. The quantitative estimate of drug-likeness (QED) is 0.317. The summed E-state index contributed by atoms with van der Waals surface area (Å²) in [5.74, 6) is 0.677. The Morgan fingerprint density at radius 3 is 2.67 bits per heavy atom. The standard InChI is InChI=1S/C25H21N7S/c1-5-6-16(22-8-7-21(33-22)14(2)3)23-15(4)29-25(30-23)24-17-11-18(20-12-26-9-10-27-20)28-13-19(17)31-32-24/h5-13H,1-2H2,3-4H3,(H,29,30)(H,31,32)/b16-6-. The van der Waals surface area contributed by atoms with Crippen molar-refractivity contribution in [3.05, 3.63) is 89.4 Å². The van der Waals surface area contributed by atoms with Gasteiger partial charge in [-0.3, -0.25) is 20.1 Å². The van der Waals surface area contributed by atoms with Crippen molar-refractivity contribution in [3.8, 4) is 22.9 Å². The molecule has 0 saturated heterocycles. The molecule has 0 bridgehead atoms. The molecule has 8 heteroatoms. The Morgan fingerprint density at radius 1 is 1.09 bits per heavy atom. The lowest BCUT2D eigenvalue weighted by Gasteiger charge is -2.02. The van der Waals surface area contributed by atoms with Crippen LogP contribution in [0.5, 0.6) is 0 Å². The topological polar surface area (TPSA) is 96.0 Å². The Morgan fingerprint density at radius 2 is 1.94 bits per heavy atom. The van der Waals surface area contributed by atoms with E-state index in [-0.39, 0.29) is 0 Å². The first-order chi connectivity index (χ1) is 16.0. The highest BCUT2D eigenvalue weighted by atomic mass is 32.1. The Labute approximate surface area is 194 Å². The molecule has 0 saturated carbocycles. The monoisotopic (exact) mass is 451 g/mol. The molecule has 0 unspecified atom stereocenters. The second-order valence-electron chi connectivity index (χ2n) is 7.60. The van der Waals surface area contributed by atoms with Gasteiger partial charge in [0.05, 0.1) is 29.3 Å². The summed E-state index contributed by atoms with van der Waals surface area (Å²) in [6.07, 6.45) is 10.5. The number of hydrogen-bond acceptors (Lipinski definition) is 6. The summed E-state index contributed by atoms with van der Waals surface area (Å²) < 4.78 is 0. The molecule has 0 fully saturated rings. The lowest BCUT2D eigenvalue weighted by atomic mass is 10.1. The molecule has 5 heterocycles. The molecule has 0 aliphatic rings. The molecule has 5 aromatic heterocycles. The van der Waals surface area contributed by atoms with Gasteiger partial charge in [0, 0.05) is 38.8 Å². The number of aromatic nitrogens is 7. The first-order valence-electron chi connectivity index (χ1n) is 10.3. The minimum absolute atomic E-state index is 0.677. The molecule has 0 aliphatic carbocycles. The molecule has 0 aliphatic heterocycles. The van der Waals surface area contributed by atoms with E-state index in [1.165, 1.54) is 0 Å². The van der Waals surface area contributed by atoms with Crippen molar-refractivity contribution in [1.29, 1.82) is 0 Å². The van der Waals surface area contributed by atoms with Gasteiger partial charge in [0.25, 0.3) is 0 Å². The van der Waals surface area contributed by atoms with Crippen LogP contribution in [0.2, 0.25) is 0 Å². The van der Waals surface area contributed by atoms with E-state index in [0.29, 0.717) is 11.5 Å². The van der Waals surface area contributed by atoms with Gasteiger partial charge in [-0.1, -0.05) is 25.3 Å². The molecular weight excluding hydrogens is 430 g/mol. The van der Waals surface area contributed by atoms with Crippen LogP contribution in [-0.2, 0) is 0 Å². The van der Waals surface area contributed by atoms with Crippen LogP contribution in [0.1, 0.15) is 28.1 Å². The predicted octanol–water partition coefficient (Wildman–Crippen LogP) is 5.83. The van der Waals surface area contributed by atoms with Crippen LogP contribution in [0.4, 0.5) is 0 Å². The second-order valence-corrected chi connectivity index (χ2v) is 8.68. The van der Waals surface area contributed by atoms with Crippen molar-refractivity contribution in [2.24, 2.45) is 0 Å². The van der Waals surface area contributed by atoms with Gasteiger partial charge >= 0.3 is 0 Å². The molecule has 0 spiro atoms. The molecule has 0 amide bonds. The van der Waals surface area contributed by atoms with E-state index in [2.05, 4.69) is 55.4 Å². The Balaban J connectivity index is 1.59. The van der Waals surface area contributed by atoms with E-state index < -0.39 is 0 Å². The van der Waals surface area contributed by atoms with Gasteiger partial charge in [-0.2, -0.15) is 5.10 Å². The highest BCUT2D eigenvalue weighted by Gasteiger charge is 2.19. The van der Waals surface area contributed by atoms with Crippen molar-refractivity contribution < 1.29 is 0 Å². The molecule has 0 atom stereocenters. The first kappa shape index (κ1) is 20.7. The third-order valence-electron chi connectivity index (χ3n) is 5.21. The van der Waals surface area contributed by atoms with Gasteiger partial charge in [-0.25, -0.2) is 4.98 Å². The maximum absolute atomic E-state index is 4.94. The largest absolute Gasteiger partial charge is 0.340 e. The fourth-order valence-electron chi connectivity index (χ4n) is 3.61. The average molecular weight is 452 g/mol. The van der Waals surface area contributed by atoms with E-state index >= 15 is 0 Å². The van der Waals surface area contributed by atoms with Crippen LogP contribution in [0.15, 0.2) is 68.3 Å². The number of hydrogen-bond donors (Lipinski definition) is 2. The van der Waals surface area contributed by atoms with Gasteiger partial charge in [0.2, 0.25) is 0 Å². The number of imidazole rings is 1. The number of H-pyrrole nitrogens is 2. The summed E-state index contributed by atoms with van der Waals surface area (Å²) in [6.45, 7) is 12.0. The average Bonchev–Trinajstić information content (AvgIpc) is 3.56. The number of nitrogens with one attached hydrogen (secondary N) is 2. The smallest absolute Gasteiger partial charge is 0.159 e. The highest BCUT2D eigenvalue weighted by Crippen LogP contribution is 2.35. The predicted molar refractivity (Wildman–Crippen MR) is 134 cm³/mol. The number of aryl methyl sites for hydroxylation is 1. The van der Waals surface area contributed by atoms with Crippen molar-refractivity contribution >= 4 is 33.4 Å². The zero-order chi connectivity index (χ0) is 22.9. The SMILES string of the molecule is C=C/C=C(/c1ccc(C(=C)C)s1)c1nc(-c2n[nH]c3cnc(-c4cnccn4)cc23)[nH]c1C. The minimum Gasteiger partial charge on any atom is -0.340 e. The van der Waals surface area contributed by atoms with Crippen LogP contribution in [0.3, 0.4) is 0 Å². The summed E-state index contributed by atoms with van der Waals surface area (Å²) in [5, 5.41) is 8.47. The van der Waals surface area contributed by atoms with Crippen LogP contribution < -0.4 is 0 Å². The summed E-state index contributed by atoms with van der Waals surface area (Å²) >= 11 is 1.69. The third kappa shape index (κ3) is 3.81. The van der Waals surface area contributed by atoms with Crippen LogP contribution in [0.25, 0.3) is 45.0 Å². The zero-order valence-electron chi connectivity index (χ0n) is 18.3. The first-order valence-corrected chi connectivity index (χ1v) is 11.1. The molecule has 0 aromatic carbocycles. The van der Waals surface area contributed by atoms with E-state index in [0.717, 1.165) is 54.6 Å². The fourth-order valence-corrected chi connectivity index (χ4v) is 4.57. The van der Waals surface area contributed by atoms with Crippen LogP contribution >= 0.6 is 11.3 Å². The minimum atomic E-state index is 0.677. The van der Waals surface area contributed by atoms with Gasteiger partial charge < -0.3 is 4.98 Å². The Hall–Kier alpha value is -4.17. The van der Waals surface area contributed by atoms with Gasteiger partial charge in [0.15, 0.2) is 5.82 Å². The number of rotatable bonds is 6. The van der Waals surface area contributed by atoms with Gasteiger partial charge in [-0.15, -0.1) is 11.3 Å². The third-order valence-corrected chi connectivity index (χ3v) is 6.49. The van der Waals surface area contributed by atoms with Gasteiger partial charge in [0.1, 0.15) is 11.4 Å². The van der Waals surface area contributed by atoms with E-state index in [1.54, 1.807) is 42.2 Å². The fraction of sp³-hybridized carbons (Fsp3) is 0.0800.